The summed E-state index contributed by atoms with van der Waals surface area (Å²) >= 11 is 1.83. The van der Waals surface area contributed by atoms with Gasteiger partial charge in [-0.25, -0.2) is 0 Å². The summed E-state index contributed by atoms with van der Waals surface area (Å²) in [4.78, 5) is 19.3. The Labute approximate surface area is 157 Å². The largest absolute Gasteiger partial charge is 0.508 e. The SMILES string of the molecule is C=CC(=O)N1CC[C@H](Sc2cc(-c3ccc(O)cc3)cc3c2C=NC3)C1. The van der Waals surface area contributed by atoms with Gasteiger partial charge in [0.1, 0.15) is 5.75 Å². The normalized spacial score (nSPS) is 18.2. The van der Waals surface area contributed by atoms with Crippen LogP contribution < -0.4 is 0 Å². The van der Waals surface area contributed by atoms with Gasteiger partial charge in [0, 0.05) is 35.0 Å². The molecule has 1 saturated heterocycles. The molecule has 2 aromatic carbocycles. The van der Waals surface area contributed by atoms with Gasteiger partial charge in [-0.05, 0) is 53.5 Å². The number of hydrogen-bond donors (Lipinski definition) is 1. The van der Waals surface area contributed by atoms with Crippen molar-refractivity contribution < 1.29 is 9.90 Å². The van der Waals surface area contributed by atoms with Gasteiger partial charge in [0.2, 0.25) is 5.91 Å². The van der Waals surface area contributed by atoms with E-state index in [0.717, 1.165) is 30.6 Å². The molecule has 1 N–H and O–H groups in total. The van der Waals surface area contributed by atoms with E-state index in [2.05, 4.69) is 23.7 Å². The molecule has 132 valence electrons. The molecule has 1 atom stereocenters. The Kier molecular flexibility index (Phi) is 4.55. The third-order valence-corrected chi connectivity index (χ3v) is 6.15. The predicted octanol–water partition coefficient (Wildman–Crippen LogP) is 3.87. The van der Waals surface area contributed by atoms with E-state index < -0.39 is 0 Å². The molecule has 0 radical (unpaired) electrons. The molecular weight excluding hydrogens is 344 g/mol. The Morgan fingerprint density at radius 2 is 2.08 bits per heavy atom. The average Bonchev–Trinajstić information content (AvgIpc) is 3.31. The zero-order valence-corrected chi connectivity index (χ0v) is 15.2. The van der Waals surface area contributed by atoms with Gasteiger partial charge in [-0.1, -0.05) is 18.7 Å². The lowest BCUT2D eigenvalue weighted by Gasteiger charge is -2.16. The van der Waals surface area contributed by atoms with Crippen LogP contribution in [0.3, 0.4) is 0 Å². The molecule has 0 unspecified atom stereocenters. The fraction of sp³-hybridized carbons (Fsp3) is 0.238. The van der Waals surface area contributed by atoms with Gasteiger partial charge in [-0.3, -0.25) is 9.79 Å². The van der Waals surface area contributed by atoms with E-state index >= 15 is 0 Å². The summed E-state index contributed by atoms with van der Waals surface area (Å²) in [5.74, 6) is 0.281. The van der Waals surface area contributed by atoms with Crippen molar-refractivity contribution >= 4 is 23.9 Å². The van der Waals surface area contributed by atoms with Gasteiger partial charge in [0.05, 0.1) is 6.54 Å². The van der Waals surface area contributed by atoms with Crippen molar-refractivity contribution in [3.8, 4) is 16.9 Å². The maximum absolute atomic E-state index is 11.8. The number of likely N-dealkylation sites (tertiary alicyclic amines) is 1. The van der Waals surface area contributed by atoms with Gasteiger partial charge in [0.15, 0.2) is 0 Å². The predicted molar refractivity (Wildman–Crippen MR) is 106 cm³/mol. The van der Waals surface area contributed by atoms with Crippen LogP contribution in [0.4, 0.5) is 0 Å². The number of fused-ring (bicyclic) bond motifs is 1. The molecule has 2 aromatic rings. The van der Waals surface area contributed by atoms with E-state index in [1.54, 1.807) is 12.1 Å². The second kappa shape index (κ2) is 7.00. The van der Waals surface area contributed by atoms with E-state index in [4.69, 9.17) is 0 Å². The monoisotopic (exact) mass is 364 g/mol. The van der Waals surface area contributed by atoms with Crippen LogP contribution in [-0.2, 0) is 11.3 Å². The first-order chi connectivity index (χ1) is 12.6. The van der Waals surface area contributed by atoms with Crippen LogP contribution in [0.1, 0.15) is 17.5 Å². The van der Waals surface area contributed by atoms with E-state index in [1.165, 1.54) is 22.1 Å². The highest BCUT2D eigenvalue weighted by Gasteiger charge is 2.27. The molecule has 0 saturated carbocycles. The van der Waals surface area contributed by atoms with Gasteiger partial charge < -0.3 is 10.0 Å². The molecule has 2 aliphatic rings. The minimum absolute atomic E-state index is 0.0118. The highest BCUT2D eigenvalue weighted by molar-refractivity contribution is 8.00. The number of thioether (sulfide) groups is 1. The van der Waals surface area contributed by atoms with Gasteiger partial charge >= 0.3 is 0 Å². The number of aliphatic imine (C=N–C) groups is 1. The maximum Gasteiger partial charge on any atom is 0.245 e. The third-order valence-electron chi connectivity index (χ3n) is 4.84. The fourth-order valence-corrected chi connectivity index (χ4v) is 4.79. The lowest BCUT2D eigenvalue weighted by molar-refractivity contribution is -0.124. The van der Waals surface area contributed by atoms with E-state index in [1.807, 2.05) is 35.0 Å². The van der Waals surface area contributed by atoms with Crippen molar-refractivity contribution in [2.24, 2.45) is 4.99 Å². The maximum atomic E-state index is 11.8. The van der Waals surface area contributed by atoms with Gasteiger partial charge in [-0.2, -0.15) is 0 Å². The fourth-order valence-electron chi connectivity index (χ4n) is 3.45. The molecule has 0 aliphatic carbocycles. The smallest absolute Gasteiger partial charge is 0.245 e. The Morgan fingerprint density at radius 3 is 2.85 bits per heavy atom. The van der Waals surface area contributed by atoms with E-state index in [0.29, 0.717) is 11.8 Å². The van der Waals surface area contributed by atoms with Gasteiger partial charge in [-0.15, -0.1) is 11.8 Å². The molecule has 2 heterocycles. The highest BCUT2D eigenvalue weighted by Crippen LogP contribution is 2.38. The Bertz CT molecular complexity index is 890. The van der Waals surface area contributed by atoms with Crippen molar-refractivity contribution in [3.05, 3.63) is 60.2 Å². The molecule has 4 rings (SSSR count). The molecule has 1 amide bonds. The van der Waals surface area contributed by atoms with Crippen LogP contribution in [0.5, 0.6) is 5.75 Å². The Hall–Kier alpha value is -2.53. The highest BCUT2D eigenvalue weighted by atomic mass is 32.2. The van der Waals surface area contributed by atoms with Crippen LogP contribution in [-0.4, -0.2) is 40.5 Å². The molecule has 0 bridgehead atoms. The number of amides is 1. The van der Waals surface area contributed by atoms with E-state index in [-0.39, 0.29) is 11.7 Å². The van der Waals surface area contributed by atoms with Crippen LogP contribution in [0.15, 0.2) is 58.9 Å². The lowest BCUT2D eigenvalue weighted by atomic mass is 10.0. The van der Waals surface area contributed by atoms with Gasteiger partial charge in [0.25, 0.3) is 0 Å². The summed E-state index contributed by atoms with van der Waals surface area (Å²) in [6.07, 6.45) is 4.34. The summed E-state index contributed by atoms with van der Waals surface area (Å²) in [5, 5.41) is 9.91. The number of phenols is 1. The molecule has 2 aliphatic heterocycles. The minimum atomic E-state index is 0.0118. The Balaban J connectivity index is 1.61. The number of carbonyl (C=O) groups is 1. The first kappa shape index (κ1) is 16.9. The summed E-state index contributed by atoms with van der Waals surface area (Å²) in [6, 6.07) is 11.7. The number of phenolic OH excluding ortho intramolecular Hbond substituents is 1. The quantitative estimate of drug-likeness (QED) is 0.838. The number of aromatic hydroxyl groups is 1. The summed E-state index contributed by atoms with van der Waals surface area (Å²) in [5.41, 5.74) is 4.64. The average molecular weight is 364 g/mol. The first-order valence-electron chi connectivity index (χ1n) is 8.68. The number of hydrogen-bond acceptors (Lipinski definition) is 4. The summed E-state index contributed by atoms with van der Waals surface area (Å²) in [7, 11) is 0. The van der Waals surface area contributed by atoms with Crippen molar-refractivity contribution in [2.75, 3.05) is 13.1 Å². The van der Waals surface area contributed by atoms with E-state index in [9.17, 15) is 9.90 Å². The summed E-state index contributed by atoms with van der Waals surface area (Å²) in [6.45, 7) is 5.83. The van der Waals surface area contributed by atoms with Crippen molar-refractivity contribution in [3.63, 3.8) is 0 Å². The van der Waals surface area contributed by atoms with Crippen LogP contribution in [0, 0.1) is 0 Å². The van der Waals surface area contributed by atoms with Crippen molar-refractivity contribution in [1.29, 1.82) is 0 Å². The van der Waals surface area contributed by atoms with Crippen LogP contribution in [0.2, 0.25) is 0 Å². The second-order valence-electron chi connectivity index (χ2n) is 6.58. The molecule has 5 heteroatoms. The molecule has 0 aromatic heterocycles. The third kappa shape index (κ3) is 3.27. The second-order valence-corrected chi connectivity index (χ2v) is 7.92. The molecule has 4 nitrogen and oxygen atoms in total. The minimum Gasteiger partial charge on any atom is -0.508 e. The number of nitrogens with zero attached hydrogens (tertiary/aromatic N) is 2. The molecule has 1 fully saturated rings. The Morgan fingerprint density at radius 1 is 1.27 bits per heavy atom. The first-order valence-corrected chi connectivity index (χ1v) is 9.56. The van der Waals surface area contributed by atoms with Crippen LogP contribution in [0.25, 0.3) is 11.1 Å². The van der Waals surface area contributed by atoms with Crippen molar-refractivity contribution in [2.45, 2.75) is 23.1 Å². The zero-order chi connectivity index (χ0) is 18.1. The molecule has 0 spiro atoms. The number of carbonyl (C=O) groups excluding carboxylic acids is 1. The number of rotatable bonds is 4. The van der Waals surface area contributed by atoms with Crippen molar-refractivity contribution in [1.82, 2.24) is 4.90 Å². The topological polar surface area (TPSA) is 52.9 Å². The standard InChI is InChI=1S/C21H20N2O2S/c1-2-21(25)23-8-7-18(13-23)26-20-10-15(9-16-11-22-12-19(16)20)14-3-5-17(24)6-4-14/h2-6,9-10,12,18,24H,1,7-8,11,13H2/t18-/m0/s1. The molecular formula is C21H20N2O2S. The number of benzene rings is 2. The molecule has 26 heavy (non-hydrogen) atoms. The zero-order valence-electron chi connectivity index (χ0n) is 14.4. The van der Waals surface area contributed by atoms with Crippen LogP contribution >= 0.6 is 11.8 Å². The summed E-state index contributed by atoms with van der Waals surface area (Å²) < 4.78 is 0. The lowest BCUT2D eigenvalue weighted by Crippen LogP contribution is -2.27.